The number of anilines is 2. The highest BCUT2D eigenvalue weighted by Gasteiger charge is 2.17. The molecule has 2 heteroatoms. The summed E-state index contributed by atoms with van der Waals surface area (Å²) in [5.74, 6) is 0. The molecule has 2 nitrogen and oxygen atoms in total. The average Bonchev–Trinajstić information content (AvgIpc) is 3.19. The van der Waals surface area contributed by atoms with Crippen LogP contribution >= 0.6 is 0 Å². The number of nitrogens with zero attached hydrogens (tertiary/aromatic N) is 1. The highest BCUT2D eigenvalue weighted by molar-refractivity contribution is 6.09. The Bertz CT molecular complexity index is 1450. The van der Waals surface area contributed by atoms with Crippen LogP contribution in [0.2, 0.25) is 0 Å². The molecule has 32 heavy (non-hydrogen) atoms. The summed E-state index contributed by atoms with van der Waals surface area (Å²) in [4.78, 5) is 0. The van der Waals surface area contributed by atoms with E-state index in [1.807, 2.05) is 18.2 Å². The van der Waals surface area contributed by atoms with E-state index in [4.69, 9.17) is 0 Å². The van der Waals surface area contributed by atoms with Gasteiger partial charge in [-0.2, -0.15) is 0 Å². The first-order valence-corrected chi connectivity index (χ1v) is 11.2. The van der Waals surface area contributed by atoms with E-state index in [1.165, 1.54) is 32.9 Å². The molecule has 0 saturated heterocycles. The molecule has 0 fully saturated rings. The van der Waals surface area contributed by atoms with E-state index >= 15 is 0 Å². The van der Waals surface area contributed by atoms with E-state index < -0.39 is 0 Å². The van der Waals surface area contributed by atoms with Gasteiger partial charge in [-0.15, -0.1) is 0 Å². The van der Waals surface area contributed by atoms with Crippen molar-refractivity contribution in [3.8, 4) is 11.1 Å². The normalized spacial score (nSPS) is 15.4. The molecule has 1 N–H and O–H groups in total. The molecule has 0 bridgehead atoms. The molecule has 0 aliphatic heterocycles. The van der Waals surface area contributed by atoms with Crippen molar-refractivity contribution in [2.24, 2.45) is 0 Å². The summed E-state index contributed by atoms with van der Waals surface area (Å²) in [5, 5.41) is 6.09. The van der Waals surface area contributed by atoms with Crippen molar-refractivity contribution in [3.05, 3.63) is 121 Å². The first-order valence-electron chi connectivity index (χ1n) is 11.2. The van der Waals surface area contributed by atoms with Crippen LogP contribution in [0.3, 0.4) is 0 Å². The van der Waals surface area contributed by atoms with Crippen LogP contribution in [0.15, 0.2) is 121 Å². The van der Waals surface area contributed by atoms with E-state index in [2.05, 4.69) is 113 Å². The summed E-state index contributed by atoms with van der Waals surface area (Å²) < 4.78 is 2.49. The summed E-state index contributed by atoms with van der Waals surface area (Å²) in [6, 6.07) is 35.0. The van der Waals surface area contributed by atoms with Gasteiger partial charge in [0.05, 0.1) is 6.04 Å². The molecule has 1 unspecified atom stereocenters. The standard InChI is InChI=1S/C30H24N2/c1-3-9-24(10-4-1)31-25-18-15-22(16-19-25)23-17-20-30-28(21-23)27-13-7-8-14-29(27)32(30)26-11-5-2-6-12-26/h1-11,13-21,26,31H,12H2. The summed E-state index contributed by atoms with van der Waals surface area (Å²) in [5.41, 5.74) is 7.25. The Morgan fingerprint density at radius 3 is 2.16 bits per heavy atom. The SMILES string of the molecule is C1=CCC(n2c3ccccc3c3cc(-c4ccc(Nc5ccccc5)cc4)ccc32)C=C1. The Labute approximate surface area is 188 Å². The van der Waals surface area contributed by atoms with Gasteiger partial charge < -0.3 is 9.88 Å². The number of hydrogen-bond donors (Lipinski definition) is 1. The number of hydrogen-bond acceptors (Lipinski definition) is 1. The molecule has 0 radical (unpaired) electrons. The smallest absolute Gasteiger partial charge is 0.0560 e. The summed E-state index contributed by atoms with van der Waals surface area (Å²) in [6.45, 7) is 0. The Kier molecular flexibility index (Phi) is 4.62. The molecule has 1 aliphatic carbocycles. The van der Waals surface area contributed by atoms with Crippen LogP contribution in [0.25, 0.3) is 32.9 Å². The van der Waals surface area contributed by atoms with Crippen LogP contribution in [0.5, 0.6) is 0 Å². The zero-order valence-corrected chi connectivity index (χ0v) is 17.8. The molecular formula is C30H24N2. The third-order valence-corrected chi connectivity index (χ3v) is 6.28. The van der Waals surface area contributed by atoms with E-state index in [9.17, 15) is 0 Å². The van der Waals surface area contributed by atoms with Gasteiger partial charge in [-0.05, 0) is 60.0 Å². The molecular weight excluding hydrogens is 388 g/mol. The maximum Gasteiger partial charge on any atom is 0.0560 e. The van der Waals surface area contributed by atoms with Crippen molar-refractivity contribution < 1.29 is 0 Å². The first kappa shape index (κ1) is 18.7. The fraction of sp³-hybridized carbons (Fsp3) is 0.0667. The van der Waals surface area contributed by atoms with Crippen molar-refractivity contribution in [2.75, 3.05) is 5.32 Å². The van der Waals surface area contributed by atoms with Crippen LogP contribution < -0.4 is 5.32 Å². The van der Waals surface area contributed by atoms with Gasteiger partial charge in [-0.25, -0.2) is 0 Å². The lowest BCUT2D eigenvalue weighted by Gasteiger charge is -2.18. The quantitative estimate of drug-likeness (QED) is 0.314. The second-order valence-corrected chi connectivity index (χ2v) is 8.30. The molecule has 1 aromatic heterocycles. The molecule has 1 aliphatic rings. The van der Waals surface area contributed by atoms with E-state index in [0.717, 1.165) is 17.8 Å². The molecule has 0 spiro atoms. The fourth-order valence-electron chi connectivity index (χ4n) is 4.73. The van der Waals surface area contributed by atoms with Crippen molar-refractivity contribution >= 4 is 33.2 Å². The van der Waals surface area contributed by atoms with Gasteiger partial charge in [-0.1, -0.05) is 78.9 Å². The molecule has 6 rings (SSSR count). The summed E-state index contributed by atoms with van der Waals surface area (Å²) in [7, 11) is 0. The highest BCUT2D eigenvalue weighted by atomic mass is 15.0. The second-order valence-electron chi connectivity index (χ2n) is 8.30. The number of para-hydroxylation sites is 2. The zero-order chi connectivity index (χ0) is 21.3. The Balaban J connectivity index is 1.40. The molecule has 154 valence electrons. The summed E-state index contributed by atoms with van der Waals surface area (Å²) >= 11 is 0. The lowest BCUT2D eigenvalue weighted by atomic mass is 10.0. The van der Waals surface area contributed by atoms with E-state index in [1.54, 1.807) is 0 Å². The van der Waals surface area contributed by atoms with Gasteiger partial charge in [0.2, 0.25) is 0 Å². The third-order valence-electron chi connectivity index (χ3n) is 6.28. The van der Waals surface area contributed by atoms with Crippen LogP contribution in [0.4, 0.5) is 11.4 Å². The zero-order valence-electron chi connectivity index (χ0n) is 17.8. The predicted molar refractivity (Wildman–Crippen MR) is 137 cm³/mol. The topological polar surface area (TPSA) is 17.0 Å². The van der Waals surface area contributed by atoms with Crippen molar-refractivity contribution in [3.63, 3.8) is 0 Å². The van der Waals surface area contributed by atoms with E-state index in [0.29, 0.717) is 6.04 Å². The minimum Gasteiger partial charge on any atom is -0.356 e. The lowest BCUT2D eigenvalue weighted by molar-refractivity contribution is 0.648. The molecule has 0 amide bonds. The van der Waals surface area contributed by atoms with Crippen molar-refractivity contribution in [2.45, 2.75) is 12.5 Å². The van der Waals surface area contributed by atoms with Gasteiger partial charge in [0, 0.05) is 33.2 Å². The fourth-order valence-corrected chi connectivity index (χ4v) is 4.73. The molecule has 1 atom stereocenters. The first-order chi connectivity index (χ1) is 15.9. The van der Waals surface area contributed by atoms with Gasteiger partial charge >= 0.3 is 0 Å². The lowest BCUT2D eigenvalue weighted by Crippen LogP contribution is -2.06. The number of aromatic nitrogens is 1. The Morgan fingerprint density at radius 2 is 1.34 bits per heavy atom. The van der Waals surface area contributed by atoms with E-state index in [-0.39, 0.29) is 0 Å². The monoisotopic (exact) mass is 412 g/mol. The second kappa shape index (κ2) is 7.90. The minimum absolute atomic E-state index is 0.358. The van der Waals surface area contributed by atoms with Crippen molar-refractivity contribution in [1.82, 2.24) is 4.57 Å². The number of benzene rings is 4. The van der Waals surface area contributed by atoms with Crippen LogP contribution in [0, 0.1) is 0 Å². The molecule has 0 saturated carbocycles. The van der Waals surface area contributed by atoms with Gasteiger partial charge in [0.25, 0.3) is 0 Å². The predicted octanol–water partition coefficient (Wildman–Crippen LogP) is 8.26. The number of fused-ring (bicyclic) bond motifs is 3. The summed E-state index contributed by atoms with van der Waals surface area (Å²) in [6.07, 6.45) is 9.89. The van der Waals surface area contributed by atoms with Crippen LogP contribution in [-0.4, -0.2) is 4.57 Å². The molecule has 1 heterocycles. The maximum atomic E-state index is 3.46. The maximum absolute atomic E-state index is 3.46. The van der Waals surface area contributed by atoms with Crippen LogP contribution in [-0.2, 0) is 0 Å². The highest BCUT2D eigenvalue weighted by Crippen LogP contribution is 2.36. The molecule has 4 aromatic carbocycles. The van der Waals surface area contributed by atoms with Crippen molar-refractivity contribution in [1.29, 1.82) is 0 Å². The minimum atomic E-state index is 0.358. The largest absolute Gasteiger partial charge is 0.356 e. The third kappa shape index (κ3) is 3.30. The average molecular weight is 413 g/mol. The van der Waals surface area contributed by atoms with Gasteiger partial charge in [0.15, 0.2) is 0 Å². The number of nitrogens with one attached hydrogen (secondary N) is 1. The Morgan fingerprint density at radius 1 is 0.625 bits per heavy atom. The molecule has 5 aromatic rings. The number of rotatable bonds is 4. The van der Waals surface area contributed by atoms with Crippen LogP contribution in [0.1, 0.15) is 12.5 Å². The Hall–Kier alpha value is -4.04. The van der Waals surface area contributed by atoms with Gasteiger partial charge in [-0.3, -0.25) is 0 Å². The van der Waals surface area contributed by atoms with Gasteiger partial charge in [0.1, 0.15) is 0 Å². The number of allylic oxidation sites excluding steroid dienone is 4.